The molecule has 0 heterocycles. The molecule has 0 amide bonds. The van der Waals surface area contributed by atoms with Crippen LogP contribution in [0.1, 0.15) is 32.3 Å². The van der Waals surface area contributed by atoms with E-state index in [4.69, 9.17) is 9.47 Å². The molecule has 4 nitrogen and oxygen atoms in total. The second kappa shape index (κ2) is 7.58. The molecule has 2 aromatic carbocycles. The third-order valence-electron chi connectivity index (χ3n) is 3.47. The van der Waals surface area contributed by atoms with Crippen molar-refractivity contribution in [3.8, 4) is 16.9 Å². The maximum absolute atomic E-state index is 10.9. The minimum absolute atomic E-state index is 0.152. The monoisotopic (exact) mass is 312 g/mol. The number of carbonyl (C=O) groups excluding carboxylic acids is 2. The van der Waals surface area contributed by atoms with Crippen molar-refractivity contribution in [3.63, 3.8) is 0 Å². The van der Waals surface area contributed by atoms with Gasteiger partial charge in [0.15, 0.2) is 0 Å². The van der Waals surface area contributed by atoms with Crippen LogP contribution in [0.4, 0.5) is 0 Å². The van der Waals surface area contributed by atoms with E-state index in [9.17, 15) is 9.59 Å². The van der Waals surface area contributed by atoms with Crippen molar-refractivity contribution in [2.45, 2.75) is 26.7 Å². The summed E-state index contributed by atoms with van der Waals surface area (Å²) in [4.78, 5) is 21.8. The summed E-state index contributed by atoms with van der Waals surface area (Å²) >= 11 is 0. The molecule has 23 heavy (non-hydrogen) atoms. The Morgan fingerprint density at radius 2 is 1.39 bits per heavy atom. The number of hydrogen-bond acceptors (Lipinski definition) is 4. The summed E-state index contributed by atoms with van der Waals surface area (Å²) in [7, 11) is 0. The van der Waals surface area contributed by atoms with Crippen molar-refractivity contribution in [3.05, 3.63) is 54.1 Å². The van der Waals surface area contributed by atoms with Crippen LogP contribution in [0.2, 0.25) is 0 Å². The lowest BCUT2D eigenvalue weighted by molar-refractivity contribution is -0.141. The molecule has 1 atom stereocenters. The zero-order chi connectivity index (χ0) is 16.8. The van der Waals surface area contributed by atoms with Gasteiger partial charge in [-0.05, 0) is 28.8 Å². The third-order valence-corrected chi connectivity index (χ3v) is 3.47. The van der Waals surface area contributed by atoms with Crippen LogP contribution in [0.25, 0.3) is 11.1 Å². The van der Waals surface area contributed by atoms with Gasteiger partial charge in [0.2, 0.25) is 0 Å². The van der Waals surface area contributed by atoms with Crippen molar-refractivity contribution in [1.29, 1.82) is 0 Å². The van der Waals surface area contributed by atoms with E-state index in [0.29, 0.717) is 12.4 Å². The summed E-state index contributed by atoms with van der Waals surface area (Å²) in [5.74, 6) is 0.0948. The van der Waals surface area contributed by atoms with Crippen molar-refractivity contribution < 1.29 is 19.1 Å². The van der Waals surface area contributed by atoms with E-state index >= 15 is 0 Å². The summed E-state index contributed by atoms with van der Waals surface area (Å²) in [5.41, 5.74) is 3.23. The SMILES string of the molecule is CC(=O)OCC(C)c1ccc(-c2ccc(OC(C)=O)cc2)cc1. The van der Waals surface area contributed by atoms with Gasteiger partial charge in [-0.2, -0.15) is 0 Å². The van der Waals surface area contributed by atoms with Crippen LogP contribution < -0.4 is 4.74 Å². The lowest BCUT2D eigenvalue weighted by Gasteiger charge is -2.12. The fourth-order valence-corrected chi connectivity index (χ4v) is 2.22. The maximum Gasteiger partial charge on any atom is 0.308 e. The molecule has 0 saturated carbocycles. The first kappa shape index (κ1) is 16.7. The fraction of sp³-hybridized carbons (Fsp3) is 0.263. The zero-order valence-electron chi connectivity index (χ0n) is 13.5. The average molecular weight is 312 g/mol. The second-order valence-corrected chi connectivity index (χ2v) is 5.44. The molecular weight excluding hydrogens is 292 g/mol. The van der Waals surface area contributed by atoms with Crippen molar-refractivity contribution in [2.24, 2.45) is 0 Å². The predicted molar refractivity (Wildman–Crippen MR) is 88.2 cm³/mol. The molecular formula is C19H20O4. The van der Waals surface area contributed by atoms with E-state index in [1.54, 1.807) is 12.1 Å². The van der Waals surface area contributed by atoms with E-state index in [-0.39, 0.29) is 17.9 Å². The summed E-state index contributed by atoms with van der Waals surface area (Å²) in [5, 5.41) is 0. The molecule has 2 aromatic rings. The molecule has 0 N–H and O–H groups in total. The van der Waals surface area contributed by atoms with Crippen molar-refractivity contribution >= 4 is 11.9 Å². The van der Waals surface area contributed by atoms with E-state index in [1.807, 2.05) is 43.3 Å². The normalized spacial score (nSPS) is 11.6. The van der Waals surface area contributed by atoms with Gasteiger partial charge in [0.05, 0.1) is 6.61 Å². The molecule has 0 aliphatic rings. The topological polar surface area (TPSA) is 52.6 Å². The smallest absolute Gasteiger partial charge is 0.308 e. The Bertz CT molecular complexity index is 672. The van der Waals surface area contributed by atoms with Gasteiger partial charge in [0, 0.05) is 19.8 Å². The molecule has 0 spiro atoms. The number of ether oxygens (including phenoxy) is 2. The van der Waals surface area contributed by atoms with E-state index in [2.05, 4.69) is 0 Å². The van der Waals surface area contributed by atoms with Crippen LogP contribution in [-0.2, 0) is 14.3 Å². The maximum atomic E-state index is 10.9. The molecule has 4 heteroatoms. The largest absolute Gasteiger partial charge is 0.465 e. The molecule has 0 radical (unpaired) electrons. The molecule has 2 rings (SSSR count). The summed E-state index contributed by atoms with van der Waals surface area (Å²) in [6.45, 7) is 5.19. The molecule has 0 aliphatic carbocycles. The van der Waals surface area contributed by atoms with Gasteiger partial charge < -0.3 is 9.47 Å². The van der Waals surface area contributed by atoms with Crippen LogP contribution in [0.3, 0.4) is 0 Å². The van der Waals surface area contributed by atoms with Gasteiger partial charge in [0.25, 0.3) is 0 Å². The average Bonchev–Trinajstić information content (AvgIpc) is 2.53. The van der Waals surface area contributed by atoms with Gasteiger partial charge in [-0.25, -0.2) is 0 Å². The van der Waals surface area contributed by atoms with Gasteiger partial charge in [-0.3, -0.25) is 9.59 Å². The Labute approximate surface area is 136 Å². The van der Waals surface area contributed by atoms with Crippen LogP contribution in [0, 0.1) is 0 Å². The standard InChI is InChI=1S/C19H20O4/c1-13(12-22-14(2)20)16-4-6-17(7-5-16)18-8-10-19(11-9-18)23-15(3)21/h4-11,13H,12H2,1-3H3. The Balaban J connectivity index is 2.06. The van der Waals surface area contributed by atoms with E-state index in [0.717, 1.165) is 16.7 Å². The molecule has 0 fully saturated rings. The first-order valence-corrected chi connectivity index (χ1v) is 7.48. The van der Waals surface area contributed by atoms with Crippen LogP contribution in [0.5, 0.6) is 5.75 Å². The molecule has 0 bridgehead atoms. The number of benzene rings is 2. The number of esters is 2. The van der Waals surface area contributed by atoms with Gasteiger partial charge in [0.1, 0.15) is 5.75 Å². The van der Waals surface area contributed by atoms with Crippen LogP contribution in [-0.4, -0.2) is 18.5 Å². The quantitative estimate of drug-likeness (QED) is 0.620. The lowest BCUT2D eigenvalue weighted by Crippen LogP contribution is -2.07. The Morgan fingerprint density at radius 1 is 0.870 bits per heavy atom. The van der Waals surface area contributed by atoms with Crippen LogP contribution >= 0.6 is 0 Å². The molecule has 1 unspecified atom stereocenters. The second-order valence-electron chi connectivity index (χ2n) is 5.44. The molecule has 0 aromatic heterocycles. The highest BCUT2D eigenvalue weighted by Gasteiger charge is 2.08. The van der Waals surface area contributed by atoms with E-state index in [1.165, 1.54) is 13.8 Å². The predicted octanol–water partition coefficient (Wildman–Crippen LogP) is 3.95. The highest BCUT2D eigenvalue weighted by molar-refractivity contribution is 5.70. The van der Waals surface area contributed by atoms with E-state index < -0.39 is 0 Å². The number of rotatable bonds is 5. The molecule has 0 aliphatic heterocycles. The summed E-state index contributed by atoms with van der Waals surface area (Å²) in [6, 6.07) is 15.5. The zero-order valence-corrected chi connectivity index (χ0v) is 13.5. The minimum Gasteiger partial charge on any atom is -0.465 e. The van der Waals surface area contributed by atoms with Gasteiger partial charge >= 0.3 is 11.9 Å². The van der Waals surface area contributed by atoms with Gasteiger partial charge in [-0.1, -0.05) is 43.3 Å². The van der Waals surface area contributed by atoms with Gasteiger partial charge in [-0.15, -0.1) is 0 Å². The summed E-state index contributed by atoms with van der Waals surface area (Å²) in [6.07, 6.45) is 0. The fourth-order valence-electron chi connectivity index (χ4n) is 2.22. The number of carbonyl (C=O) groups is 2. The highest BCUT2D eigenvalue weighted by Crippen LogP contribution is 2.25. The first-order chi connectivity index (χ1) is 11.0. The first-order valence-electron chi connectivity index (χ1n) is 7.48. The Kier molecular flexibility index (Phi) is 5.52. The lowest BCUT2D eigenvalue weighted by atomic mass is 9.98. The minimum atomic E-state index is -0.330. The Hall–Kier alpha value is -2.62. The van der Waals surface area contributed by atoms with Crippen molar-refractivity contribution in [1.82, 2.24) is 0 Å². The number of hydrogen-bond donors (Lipinski definition) is 0. The van der Waals surface area contributed by atoms with Crippen molar-refractivity contribution in [2.75, 3.05) is 6.61 Å². The molecule has 120 valence electrons. The Morgan fingerprint density at radius 3 is 1.87 bits per heavy atom. The summed E-state index contributed by atoms with van der Waals surface area (Å²) < 4.78 is 10.1. The van der Waals surface area contributed by atoms with Crippen LogP contribution in [0.15, 0.2) is 48.5 Å². The highest BCUT2D eigenvalue weighted by atomic mass is 16.5. The molecule has 0 saturated heterocycles. The third kappa shape index (κ3) is 4.95.